The van der Waals surface area contributed by atoms with Gasteiger partial charge < -0.3 is 19.3 Å². The summed E-state index contributed by atoms with van der Waals surface area (Å²) in [6, 6.07) is 7.13. The van der Waals surface area contributed by atoms with Gasteiger partial charge in [-0.15, -0.1) is 0 Å². The summed E-state index contributed by atoms with van der Waals surface area (Å²) in [5.41, 5.74) is 1.84. The predicted molar refractivity (Wildman–Crippen MR) is 110 cm³/mol. The molecule has 1 amide bonds. The smallest absolute Gasteiger partial charge is 0.347 e. The van der Waals surface area contributed by atoms with Crippen LogP contribution in [0.4, 0.5) is 5.69 Å². The highest BCUT2D eigenvalue weighted by Gasteiger charge is 2.42. The average Bonchev–Trinajstić information content (AvgIpc) is 2.50. The van der Waals surface area contributed by atoms with Gasteiger partial charge in [-0.1, -0.05) is 28.1 Å². The number of hydrogen-bond acceptors (Lipinski definition) is 5. The van der Waals surface area contributed by atoms with Gasteiger partial charge in [0.2, 0.25) is 5.91 Å². The number of hydrogen-bond donors (Lipinski definition) is 1. The Bertz CT molecular complexity index is 621. The third-order valence-corrected chi connectivity index (χ3v) is 7.79. The molecule has 148 valence electrons. The highest BCUT2D eigenvalue weighted by molar-refractivity contribution is 9.10. The van der Waals surface area contributed by atoms with Crippen molar-refractivity contribution in [2.24, 2.45) is 0 Å². The first-order valence-corrected chi connectivity index (χ1v) is 11.1. The van der Waals surface area contributed by atoms with Gasteiger partial charge in [0.05, 0.1) is 18.2 Å². The van der Waals surface area contributed by atoms with Gasteiger partial charge in [-0.25, -0.2) is 0 Å². The standard InChI is InChI=1S/C18H30BrN2O4P/c1-12(2)24-26(23,25-13(3)4)18(19)17(20-14(5)22)15-8-10-16(11-9-15)21(6)7/h8-13,17-18H,1-7H3,(H,20,22)/t17-,18-/m1/s1. The molecule has 2 atom stereocenters. The third kappa shape index (κ3) is 6.69. The summed E-state index contributed by atoms with van der Waals surface area (Å²) in [6.07, 6.45) is -0.567. The first-order valence-electron chi connectivity index (χ1n) is 8.61. The van der Waals surface area contributed by atoms with Crippen LogP contribution in [-0.4, -0.2) is 36.8 Å². The van der Waals surface area contributed by atoms with Gasteiger partial charge in [0, 0.05) is 26.7 Å². The molecule has 0 bridgehead atoms. The van der Waals surface area contributed by atoms with E-state index in [4.69, 9.17) is 9.05 Å². The number of alkyl halides is 1. The van der Waals surface area contributed by atoms with E-state index in [1.165, 1.54) is 6.92 Å². The van der Waals surface area contributed by atoms with Crippen LogP contribution in [0.1, 0.15) is 46.2 Å². The van der Waals surface area contributed by atoms with Crippen molar-refractivity contribution in [1.82, 2.24) is 5.32 Å². The van der Waals surface area contributed by atoms with Crippen molar-refractivity contribution in [1.29, 1.82) is 0 Å². The van der Waals surface area contributed by atoms with Crippen LogP contribution in [0.3, 0.4) is 0 Å². The Morgan fingerprint density at radius 2 is 1.54 bits per heavy atom. The summed E-state index contributed by atoms with van der Waals surface area (Å²) in [5, 5.41) is 2.87. The Morgan fingerprint density at radius 1 is 1.08 bits per heavy atom. The van der Waals surface area contributed by atoms with Gasteiger partial charge >= 0.3 is 7.60 Å². The molecule has 0 saturated carbocycles. The van der Waals surface area contributed by atoms with E-state index >= 15 is 0 Å². The Balaban J connectivity index is 3.27. The van der Waals surface area contributed by atoms with Gasteiger partial charge in [0.15, 0.2) is 0 Å². The molecule has 1 aromatic carbocycles. The second-order valence-corrected chi connectivity index (χ2v) is 10.6. The summed E-state index contributed by atoms with van der Waals surface area (Å²) < 4.78 is 24.1. The molecule has 0 unspecified atom stereocenters. The number of halogens is 1. The van der Waals surface area contributed by atoms with Crippen molar-refractivity contribution in [3.63, 3.8) is 0 Å². The molecule has 0 spiro atoms. The van der Waals surface area contributed by atoms with Crippen LogP contribution in [0.15, 0.2) is 24.3 Å². The number of benzene rings is 1. The molecule has 0 aliphatic carbocycles. The molecule has 0 aliphatic heterocycles. The zero-order chi connectivity index (χ0) is 20.1. The molecular weight excluding hydrogens is 419 g/mol. The lowest BCUT2D eigenvalue weighted by Crippen LogP contribution is -2.33. The number of carbonyl (C=O) groups excluding carboxylic acids is 1. The van der Waals surface area contributed by atoms with Crippen LogP contribution in [0.5, 0.6) is 0 Å². The summed E-state index contributed by atoms with van der Waals surface area (Å²) in [7, 11) is 0.366. The number of nitrogens with one attached hydrogen (secondary N) is 1. The van der Waals surface area contributed by atoms with Gasteiger partial charge in [0.1, 0.15) is 4.57 Å². The lowest BCUT2D eigenvalue weighted by Gasteiger charge is -2.32. The fraction of sp³-hybridized carbons (Fsp3) is 0.611. The fourth-order valence-corrected chi connectivity index (χ4v) is 5.51. The Hall–Kier alpha value is -0.880. The molecule has 0 fully saturated rings. The van der Waals surface area contributed by atoms with E-state index in [0.29, 0.717) is 0 Å². The number of nitrogens with zero attached hydrogens (tertiary/aromatic N) is 1. The molecular formula is C18H30BrN2O4P. The topological polar surface area (TPSA) is 67.9 Å². The van der Waals surface area contributed by atoms with E-state index in [0.717, 1.165) is 11.3 Å². The number of anilines is 1. The summed E-state index contributed by atoms with van der Waals surface area (Å²) in [4.78, 5) is 13.8. The quantitative estimate of drug-likeness (QED) is 0.438. The molecule has 0 heterocycles. The third-order valence-electron chi connectivity index (χ3n) is 3.42. The monoisotopic (exact) mass is 448 g/mol. The molecule has 0 radical (unpaired) electrons. The second-order valence-electron chi connectivity index (χ2n) is 6.88. The van der Waals surface area contributed by atoms with E-state index in [2.05, 4.69) is 21.2 Å². The molecule has 0 saturated heterocycles. The van der Waals surface area contributed by atoms with E-state index < -0.39 is 18.2 Å². The second kappa shape index (κ2) is 9.88. The molecule has 0 aromatic heterocycles. The van der Waals surface area contributed by atoms with Gasteiger partial charge in [0.25, 0.3) is 0 Å². The maximum atomic E-state index is 13.5. The fourth-order valence-electron chi connectivity index (χ4n) is 2.42. The predicted octanol–water partition coefficient (Wildman–Crippen LogP) is 4.69. The zero-order valence-electron chi connectivity index (χ0n) is 16.5. The van der Waals surface area contributed by atoms with Crippen molar-refractivity contribution < 1.29 is 18.4 Å². The minimum Gasteiger partial charge on any atom is -0.378 e. The van der Waals surface area contributed by atoms with Crippen molar-refractivity contribution in [3.8, 4) is 0 Å². The van der Waals surface area contributed by atoms with Crippen molar-refractivity contribution in [2.75, 3.05) is 19.0 Å². The van der Waals surface area contributed by atoms with Crippen LogP contribution in [0, 0.1) is 0 Å². The lowest BCUT2D eigenvalue weighted by atomic mass is 10.1. The Kier molecular flexibility index (Phi) is 8.80. The van der Waals surface area contributed by atoms with Crippen LogP contribution < -0.4 is 10.2 Å². The molecule has 1 rings (SSSR count). The van der Waals surface area contributed by atoms with Crippen LogP contribution >= 0.6 is 23.5 Å². The van der Waals surface area contributed by atoms with Gasteiger partial charge in [-0.05, 0) is 45.4 Å². The van der Waals surface area contributed by atoms with Crippen molar-refractivity contribution >= 4 is 35.1 Å². The normalized spacial score (nSPS) is 14.4. The highest BCUT2D eigenvalue weighted by Crippen LogP contribution is 2.61. The van der Waals surface area contributed by atoms with Crippen LogP contribution in [0.2, 0.25) is 0 Å². The summed E-state index contributed by atoms with van der Waals surface area (Å²) >= 11 is 3.50. The van der Waals surface area contributed by atoms with Gasteiger partial charge in [-0.3, -0.25) is 9.36 Å². The molecule has 1 aromatic rings. The van der Waals surface area contributed by atoms with E-state index in [-0.39, 0.29) is 18.1 Å². The minimum atomic E-state index is -3.54. The van der Waals surface area contributed by atoms with Crippen molar-refractivity contribution in [2.45, 2.75) is 57.4 Å². The van der Waals surface area contributed by atoms with Crippen molar-refractivity contribution in [3.05, 3.63) is 29.8 Å². The van der Waals surface area contributed by atoms with E-state index in [9.17, 15) is 9.36 Å². The maximum Gasteiger partial charge on any atom is 0.347 e. The zero-order valence-corrected chi connectivity index (χ0v) is 19.0. The number of rotatable bonds is 9. The van der Waals surface area contributed by atoms with Crippen LogP contribution in [-0.2, 0) is 18.4 Å². The SMILES string of the molecule is CC(=O)N[C@H](c1ccc(N(C)C)cc1)[C@H](Br)P(=O)(OC(C)C)OC(C)C. The van der Waals surface area contributed by atoms with Crippen LogP contribution in [0.25, 0.3) is 0 Å². The van der Waals surface area contributed by atoms with Gasteiger partial charge in [-0.2, -0.15) is 0 Å². The maximum absolute atomic E-state index is 13.5. The molecule has 26 heavy (non-hydrogen) atoms. The first-order chi connectivity index (χ1) is 12.0. The molecule has 0 aliphatic rings. The van der Waals surface area contributed by atoms with E-state index in [1.54, 1.807) is 27.7 Å². The first kappa shape index (κ1) is 23.2. The number of carbonyl (C=O) groups is 1. The highest BCUT2D eigenvalue weighted by atomic mass is 79.9. The number of amides is 1. The average molecular weight is 449 g/mol. The Labute approximate surface area is 165 Å². The Morgan fingerprint density at radius 3 is 1.88 bits per heavy atom. The lowest BCUT2D eigenvalue weighted by molar-refractivity contribution is -0.119. The summed E-state index contributed by atoms with van der Waals surface area (Å²) in [5.74, 6) is -0.225. The molecule has 8 heteroatoms. The molecule has 1 N–H and O–H groups in total. The largest absolute Gasteiger partial charge is 0.378 e. The van der Waals surface area contributed by atoms with E-state index in [1.807, 2.05) is 43.3 Å². The molecule has 6 nitrogen and oxygen atoms in total. The minimum absolute atomic E-state index is 0.225. The summed E-state index contributed by atoms with van der Waals surface area (Å²) in [6.45, 7) is 8.63.